The van der Waals surface area contributed by atoms with Gasteiger partial charge in [-0.1, -0.05) is 6.07 Å². The molecule has 0 aliphatic carbocycles. The zero-order chi connectivity index (χ0) is 14.0. The summed E-state index contributed by atoms with van der Waals surface area (Å²) in [7, 11) is -3.10. The molecule has 0 saturated heterocycles. The highest BCUT2D eigenvalue weighted by Crippen LogP contribution is 2.17. The van der Waals surface area contributed by atoms with Crippen molar-refractivity contribution in [2.24, 2.45) is 0 Å². The Morgan fingerprint density at radius 2 is 2.21 bits per heavy atom. The molecule has 8 heteroatoms. The normalized spacial score (nSPS) is 11.6. The van der Waals surface area contributed by atoms with Crippen LogP contribution in [0, 0.1) is 0 Å². The Morgan fingerprint density at radius 1 is 1.47 bits per heavy atom. The van der Waals surface area contributed by atoms with E-state index in [1.54, 1.807) is 24.4 Å². The summed E-state index contributed by atoms with van der Waals surface area (Å²) in [6, 6.07) is 5.11. The molecule has 0 atom stereocenters. The molecule has 7 nitrogen and oxygen atoms in total. The second-order valence-electron chi connectivity index (χ2n) is 4.10. The first-order chi connectivity index (χ1) is 8.88. The molecule has 0 radical (unpaired) electrons. The Bertz CT molecular complexity index is 721. The lowest BCUT2D eigenvalue weighted by molar-refractivity contribution is 0.0690. The van der Waals surface area contributed by atoms with E-state index in [4.69, 9.17) is 0 Å². The number of hydrogen-bond donors (Lipinski definition) is 2. The number of sulfone groups is 1. The maximum absolute atomic E-state index is 11.2. The van der Waals surface area contributed by atoms with Gasteiger partial charge >= 0.3 is 5.97 Å². The highest BCUT2D eigenvalue weighted by atomic mass is 32.2. The molecule has 0 unspecified atom stereocenters. The average Bonchev–Trinajstić information content (AvgIpc) is 2.65. The van der Waals surface area contributed by atoms with Crippen LogP contribution in [0.5, 0.6) is 0 Å². The number of nitrogens with zero attached hydrogens (tertiary/aromatic N) is 2. The van der Waals surface area contributed by atoms with Crippen molar-refractivity contribution in [3.05, 3.63) is 30.1 Å². The second-order valence-corrected chi connectivity index (χ2v) is 6.36. The lowest BCUT2D eigenvalue weighted by Gasteiger charge is -2.03. The van der Waals surface area contributed by atoms with Gasteiger partial charge in [-0.25, -0.2) is 18.2 Å². The number of rotatable bonds is 5. The molecule has 19 heavy (non-hydrogen) atoms. The highest BCUT2D eigenvalue weighted by Gasteiger charge is 2.18. The van der Waals surface area contributed by atoms with Crippen LogP contribution < -0.4 is 5.32 Å². The molecule has 0 bridgehead atoms. The van der Waals surface area contributed by atoms with E-state index in [2.05, 4.69) is 10.3 Å². The minimum atomic E-state index is -3.10. The maximum Gasteiger partial charge on any atom is 0.356 e. The zero-order valence-corrected chi connectivity index (χ0v) is 11.0. The van der Waals surface area contributed by atoms with Gasteiger partial charge in [0, 0.05) is 19.0 Å². The van der Waals surface area contributed by atoms with E-state index in [1.807, 2.05) is 0 Å². The molecule has 2 N–H and O–H groups in total. The highest BCUT2D eigenvalue weighted by molar-refractivity contribution is 7.90. The number of hydrogen-bond acceptors (Lipinski definition) is 5. The van der Waals surface area contributed by atoms with Crippen LogP contribution in [0.4, 0.5) is 5.82 Å². The number of imidazole rings is 1. The predicted molar refractivity (Wildman–Crippen MR) is 70.4 cm³/mol. The smallest absolute Gasteiger partial charge is 0.356 e. The van der Waals surface area contributed by atoms with Crippen molar-refractivity contribution in [1.29, 1.82) is 0 Å². The largest absolute Gasteiger partial charge is 0.476 e. The van der Waals surface area contributed by atoms with Gasteiger partial charge in [-0.05, 0) is 12.1 Å². The van der Waals surface area contributed by atoms with Gasteiger partial charge in [0.15, 0.2) is 11.5 Å². The van der Waals surface area contributed by atoms with Crippen molar-refractivity contribution < 1.29 is 18.3 Å². The Labute approximate surface area is 109 Å². The predicted octanol–water partition coefficient (Wildman–Crippen LogP) is 0.489. The first-order valence-electron chi connectivity index (χ1n) is 5.50. The number of pyridine rings is 1. The number of anilines is 1. The van der Waals surface area contributed by atoms with Crippen molar-refractivity contribution in [3.63, 3.8) is 0 Å². The summed E-state index contributed by atoms with van der Waals surface area (Å²) in [5.41, 5.74) is 0.478. The molecule has 0 amide bonds. The van der Waals surface area contributed by atoms with E-state index in [9.17, 15) is 18.3 Å². The quantitative estimate of drug-likeness (QED) is 0.828. The van der Waals surface area contributed by atoms with Gasteiger partial charge in [-0.15, -0.1) is 0 Å². The third-order valence-corrected chi connectivity index (χ3v) is 3.44. The van der Waals surface area contributed by atoms with Crippen molar-refractivity contribution in [3.8, 4) is 0 Å². The van der Waals surface area contributed by atoms with E-state index in [0.717, 1.165) is 6.26 Å². The summed E-state index contributed by atoms with van der Waals surface area (Å²) in [6.07, 6.45) is 2.71. The molecule has 2 aromatic rings. The van der Waals surface area contributed by atoms with Gasteiger partial charge in [0.1, 0.15) is 15.5 Å². The summed E-state index contributed by atoms with van der Waals surface area (Å²) in [5, 5.41) is 11.9. The standard InChI is InChI=1S/C11H13N3O4S/c1-19(17,18)7-5-12-10-9(11(15)16)14-6-3-2-4-8(14)13-10/h2-4,6,12H,5,7H2,1H3,(H,15,16). The fourth-order valence-electron chi connectivity index (χ4n) is 1.68. The first-order valence-corrected chi connectivity index (χ1v) is 7.56. The summed E-state index contributed by atoms with van der Waals surface area (Å²) in [5.74, 6) is -1.04. The van der Waals surface area contributed by atoms with Gasteiger partial charge in [-0.3, -0.25) is 4.40 Å². The summed E-state index contributed by atoms with van der Waals surface area (Å²) in [6.45, 7) is 0.114. The number of carbonyl (C=O) groups is 1. The van der Waals surface area contributed by atoms with E-state index in [1.165, 1.54) is 4.40 Å². The van der Waals surface area contributed by atoms with Crippen molar-refractivity contribution in [2.75, 3.05) is 23.9 Å². The van der Waals surface area contributed by atoms with Crippen molar-refractivity contribution in [1.82, 2.24) is 9.38 Å². The summed E-state index contributed by atoms with van der Waals surface area (Å²) >= 11 is 0. The van der Waals surface area contributed by atoms with Crippen LogP contribution in [0.2, 0.25) is 0 Å². The van der Waals surface area contributed by atoms with Gasteiger partial charge in [-0.2, -0.15) is 0 Å². The van der Waals surface area contributed by atoms with Gasteiger partial charge in [0.2, 0.25) is 0 Å². The third-order valence-electron chi connectivity index (χ3n) is 2.50. The lowest BCUT2D eigenvalue weighted by atomic mass is 10.4. The monoisotopic (exact) mass is 283 g/mol. The van der Waals surface area contributed by atoms with Crippen LogP contribution >= 0.6 is 0 Å². The van der Waals surface area contributed by atoms with Crippen LogP contribution in [0.25, 0.3) is 5.65 Å². The van der Waals surface area contributed by atoms with Crippen LogP contribution in [0.1, 0.15) is 10.5 Å². The van der Waals surface area contributed by atoms with Crippen LogP contribution in [0.15, 0.2) is 24.4 Å². The molecule has 0 aliphatic heterocycles. The average molecular weight is 283 g/mol. The molecule has 0 fully saturated rings. The molecular formula is C11H13N3O4S. The van der Waals surface area contributed by atoms with Gasteiger partial charge < -0.3 is 10.4 Å². The summed E-state index contributed by atoms with van der Waals surface area (Å²) < 4.78 is 23.5. The number of fused-ring (bicyclic) bond motifs is 1. The lowest BCUT2D eigenvalue weighted by Crippen LogP contribution is -2.16. The molecule has 2 rings (SSSR count). The maximum atomic E-state index is 11.2. The Kier molecular flexibility index (Phi) is 3.43. The molecule has 0 saturated carbocycles. The number of aromatic carboxylic acids is 1. The SMILES string of the molecule is CS(=O)(=O)CCNc1nc2ccccn2c1C(=O)O. The Balaban J connectivity index is 2.32. The zero-order valence-electron chi connectivity index (χ0n) is 10.2. The van der Waals surface area contributed by atoms with Crippen LogP contribution in [0.3, 0.4) is 0 Å². The number of nitrogens with one attached hydrogen (secondary N) is 1. The first kappa shape index (κ1) is 13.3. The molecular weight excluding hydrogens is 270 g/mol. The fourth-order valence-corrected chi connectivity index (χ4v) is 2.15. The van der Waals surface area contributed by atoms with E-state index < -0.39 is 15.8 Å². The summed E-state index contributed by atoms with van der Waals surface area (Å²) in [4.78, 5) is 15.4. The van der Waals surface area contributed by atoms with Gasteiger partial charge in [0.05, 0.1) is 5.75 Å². The number of carboxylic acids is 1. The van der Waals surface area contributed by atoms with E-state index in [-0.39, 0.29) is 23.8 Å². The topological polar surface area (TPSA) is 101 Å². The van der Waals surface area contributed by atoms with Crippen molar-refractivity contribution in [2.45, 2.75) is 0 Å². The van der Waals surface area contributed by atoms with Crippen LogP contribution in [-0.4, -0.2) is 47.4 Å². The second kappa shape index (κ2) is 4.88. The molecule has 2 aromatic heterocycles. The molecule has 0 aromatic carbocycles. The minimum absolute atomic E-state index is 0.0101. The molecule has 0 spiro atoms. The molecule has 0 aliphatic rings. The fraction of sp³-hybridized carbons (Fsp3) is 0.273. The van der Waals surface area contributed by atoms with Crippen molar-refractivity contribution >= 4 is 27.3 Å². The Hall–Kier alpha value is -2.09. The van der Waals surface area contributed by atoms with E-state index in [0.29, 0.717) is 5.65 Å². The van der Waals surface area contributed by atoms with E-state index >= 15 is 0 Å². The van der Waals surface area contributed by atoms with Gasteiger partial charge in [0.25, 0.3) is 0 Å². The molecule has 2 heterocycles. The Morgan fingerprint density at radius 3 is 2.84 bits per heavy atom. The number of aromatic nitrogens is 2. The number of carboxylic acid groups (broad SMARTS) is 1. The minimum Gasteiger partial charge on any atom is -0.476 e. The van der Waals surface area contributed by atoms with Crippen LogP contribution in [-0.2, 0) is 9.84 Å². The third kappa shape index (κ3) is 3.02. The molecule has 102 valence electrons.